The van der Waals surface area contributed by atoms with E-state index in [2.05, 4.69) is 5.32 Å². The summed E-state index contributed by atoms with van der Waals surface area (Å²) in [6.07, 6.45) is 0. The number of rotatable bonds is 8. The fraction of sp³-hybridized carbons (Fsp3) is 0.0968. The number of anilines is 1. The van der Waals surface area contributed by atoms with Crippen LogP contribution in [-0.2, 0) is 9.53 Å². The lowest BCUT2D eigenvalue weighted by Gasteiger charge is -2.12. The van der Waals surface area contributed by atoms with Crippen molar-refractivity contribution in [3.8, 4) is 34.0 Å². The van der Waals surface area contributed by atoms with E-state index in [4.69, 9.17) is 35.8 Å². The third-order valence-electron chi connectivity index (χ3n) is 6.09. The maximum Gasteiger partial charge on any atom is 0.338 e. The highest BCUT2D eigenvalue weighted by Gasteiger charge is 2.17. The Morgan fingerprint density at radius 3 is 1.82 bits per heavy atom. The lowest BCUT2D eigenvalue weighted by molar-refractivity contribution is -0.119. The van der Waals surface area contributed by atoms with Gasteiger partial charge < -0.3 is 19.5 Å². The van der Waals surface area contributed by atoms with E-state index >= 15 is 0 Å². The minimum Gasteiger partial charge on any atom is -0.497 e. The number of nitrogens with zero attached hydrogens (tertiary/aromatic N) is 2. The lowest BCUT2D eigenvalue weighted by atomic mass is 10.0. The molecule has 0 unspecified atom stereocenters. The maximum absolute atomic E-state index is 12.8. The van der Waals surface area contributed by atoms with E-state index in [1.165, 1.54) is 0 Å². The topological polar surface area (TPSA) is 99.6 Å². The van der Waals surface area contributed by atoms with E-state index < -0.39 is 18.5 Å². The number of aromatic nitrogens is 2. The Labute approximate surface area is 235 Å². The molecule has 4 aromatic carbocycles. The SMILES string of the molecule is COc1ccc(-c2nc3ccc(C(=O)OCC(=O)Nc4ccc(Cl)cc4)cc3nc2-c2ccc(OC)cc2)cc1. The van der Waals surface area contributed by atoms with Gasteiger partial charge in [-0.3, -0.25) is 4.79 Å². The standard InChI is InChI=1S/C31H24ClN3O5/c1-38-24-12-3-19(4-13-24)29-30(20-5-14-25(39-2)15-6-20)35-27-17-21(7-16-26(27)34-29)31(37)40-18-28(36)33-23-10-8-22(32)9-11-23/h3-17H,18H2,1-2H3,(H,33,36). The first kappa shape index (κ1) is 26.6. The Balaban J connectivity index is 1.43. The molecule has 0 saturated heterocycles. The number of hydrogen-bond donors (Lipinski definition) is 1. The number of methoxy groups -OCH3 is 2. The van der Waals surface area contributed by atoms with E-state index in [0.717, 1.165) is 16.9 Å². The first-order valence-corrected chi connectivity index (χ1v) is 12.6. The van der Waals surface area contributed by atoms with Crippen molar-refractivity contribution in [3.63, 3.8) is 0 Å². The van der Waals surface area contributed by atoms with Crippen molar-refractivity contribution in [3.05, 3.63) is 102 Å². The summed E-state index contributed by atoms with van der Waals surface area (Å²) >= 11 is 5.87. The second-order valence-electron chi connectivity index (χ2n) is 8.71. The number of benzene rings is 4. The molecule has 1 heterocycles. The average molecular weight is 554 g/mol. The Morgan fingerprint density at radius 2 is 1.27 bits per heavy atom. The van der Waals surface area contributed by atoms with Gasteiger partial charge in [0.1, 0.15) is 11.5 Å². The Hall–Kier alpha value is -4.95. The van der Waals surface area contributed by atoms with Gasteiger partial charge in [-0.05, 0) is 91.0 Å². The number of fused-ring (bicyclic) bond motifs is 1. The summed E-state index contributed by atoms with van der Waals surface area (Å²) in [6, 6.07) is 26.6. The molecule has 0 atom stereocenters. The van der Waals surface area contributed by atoms with Gasteiger partial charge in [0.05, 0.1) is 42.2 Å². The van der Waals surface area contributed by atoms with E-state index in [0.29, 0.717) is 38.9 Å². The van der Waals surface area contributed by atoms with Crippen LogP contribution in [0.1, 0.15) is 10.4 Å². The number of hydrogen-bond acceptors (Lipinski definition) is 7. The van der Waals surface area contributed by atoms with Crippen LogP contribution in [0.3, 0.4) is 0 Å². The van der Waals surface area contributed by atoms with Crippen LogP contribution in [0, 0.1) is 0 Å². The van der Waals surface area contributed by atoms with Crippen molar-refractivity contribution in [2.75, 3.05) is 26.1 Å². The number of ether oxygens (including phenoxy) is 3. The Kier molecular flexibility index (Phi) is 7.89. The second-order valence-corrected chi connectivity index (χ2v) is 9.15. The van der Waals surface area contributed by atoms with Crippen LogP contribution in [0.4, 0.5) is 5.69 Å². The fourth-order valence-corrected chi connectivity index (χ4v) is 4.15. The van der Waals surface area contributed by atoms with Gasteiger partial charge in [-0.25, -0.2) is 14.8 Å². The molecule has 1 N–H and O–H groups in total. The van der Waals surface area contributed by atoms with Gasteiger partial charge in [-0.1, -0.05) is 11.6 Å². The zero-order chi connectivity index (χ0) is 28.1. The molecule has 40 heavy (non-hydrogen) atoms. The Morgan fingerprint density at radius 1 is 0.725 bits per heavy atom. The monoisotopic (exact) mass is 553 g/mol. The van der Waals surface area contributed by atoms with Crippen LogP contribution in [0.15, 0.2) is 91.0 Å². The van der Waals surface area contributed by atoms with E-state index in [-0.39, 0.29) is 5.56 Å². The van der Waals surface area contributed by atoms with Gasteiger partial charge in [0.15, 0.2) is 6.61 Å². The number of amides is 1. The molecule has 0 saturated carbocycles. The summed E-state index contributed by atoms with van der Waals surface area (Å²) in [5.41, 5.74) is 4.89. The van der Waals surface area contributed by atoms with Crippen LogP contribution in [0.25, 0.3) is 33.5 Å². The van der Waals surface area contributed by atoms with Crippen molar-refractivity contribution < 1.29 is 23.8 Å². The predicted octanol–water partition coefficient (Wildman–Crippen LogP) is 6.43. The van der Waals surface area contributed by atoms with Gasteiger partial charge in [0.2, 0.25) is 0 Å². The van der Waals surface area contributed by atoms with Crippen LogP contribution in [0.2, 0.25) is 5.02 Å². The van der Waals surface area contributed by atoms with Crippen LogP contribution in [-0.4, -0.2) is 42.7 Å². The zero-order valence-corrected chi connectivity index (χ0v) is 22.4. The maximum atomic E-state index is 12.8. The summed E-state index contributed by atoms with van der Waals surface area (Å²) in [5.74, 6) is 0.324. The van der Waals surface area contributed by atoms with Gasteiger partial charge in [0.25, 0.3) is 5.91 Å². The van der Waals surface area contributed by atoms with Crippen molar-refractivity contribution >= 4 is 40.2 Å². The first-order chi connectivity index (χ1) is 19.4. The molecule has 0 radical (unpaired) electrons. The molecule has 5 aromatic rings. The Bertz CT molecular complexity index is 1670. The van der Waals surface area contributed by atoms with Crippen LogP contribution < -0.4 is 14.8 Å². The van der Waals surface area contributed by atoms with Gasteiger partial charge in [-0.15, -0.1) is 0 Å². The zero-order valence-electron chi connectivity index (χ0n) is 21.7. The third kappa shape index (κ3) is 6.03. The molecule has 0 spiro atoms. The van der Waals surface area contributed by atoms with Crippen molar-refractivity contribution in [1.29, 1.82) is 0 Å². The highest BCUT2D eigenvalue weighted by Crippen LogP contribution is 2.33. The highest BCUT2D eigenvalue weighted by atomic mass is 35.5. The molecular formula is C31H24ClN3O5. The van der Waals surface area contributed by atoms with Gasteiger partial charge >= 0.3 is 5.97 Å². The van der Waals surface area contributed by atoms with Gasteiger partial charge in [0, 0.05) is 21.8 Å². The van der Waals surface area contributed by atoms with Gasteiger partial charge in [-0.2, -0.15) is 0 Å². The molecule has 5 rings (SSSR count). The molecule has 200 valence electrons. The lowest BCUT2D eigenvalue weighted by Crippen LogP contribution is -2.20. The van der Waals surface area contributed by atoms with Crippen molar-refractivity contribution in [2.24, 2.45) is 0 Å². The number of halogens is 1. The number of nitrogens with one attached hydrogen (secondary N) is 1. The number of esters is 1. The van der Waals surface area contributed by atoms with Crippen LogP contribution >= 0.6 is 11.6 Å². The molecule has 0 aliphatic rings. The number of carbonyl (C=O) groups excluding carboxylic acids is 2. The predicted molar refractivity (Wildman–Crippen MR) is 154 cm³/mol. The highest BCUT2D eigenvalue weighted by molar-refractivity contribution is 6.30. The largest absolute Gasteiger partial charge is 0.497 e. The second kappa shape index (κ2) is 11.8. The first-order valence-electron chi connectivity index (χ1n) is 12.3. The third-order valence-corrected chi connectivity index (χ3v) is 6.34. The molecular weight excluding hydrogens is 530 g/mol. The normalized spacial score (nSPS) is 10.7. The van der Waals surface area contributed by atoms with E-state index in [1.807, 2.05) is 48.5 Å². The summed E-state index contributed by atoms with van der Waals surface area (Å²) < 4.78 is 15.8. The number of carbonyl (C=O) groups is 2. The molecule has 9 heteroatoms. The quantitative estimate of drug-likeness (QED) is 0.221. The van der Waals surface area contributed by atoms with Crippen LogP contribution in [0.5, 0.6) is 11.5 Å². The molecule has 0 fully saturated rings. The summed E-state index contributed by atoms with van der Waals surface area (Å²) in [5, 5.41) is 3.21. The summed E-state index contributed by atoms with van der Waals surface area (Å²) in [7, 11) is 3.22. The fourth-order valence-electron chi connectivity index (χ4n) is 4.03. The summed E-state index contributed by atoms with van der Waals surface area (Å²) in [6.45, 7) is -0.446. The molecule has 0 aliphatic carbocycles. The van der Waals surface area contributed by atoms with E-state index in [1.54, 1.807) is 56.7 Å². The smallest absolute Gasteiger partial charge is 0.338 e. The average Bonchev–Trinajstić information content (AvgIpc) is 3.00. The molecule has 0 bridgehead atoms. The van der Waals surface area contributed by atoms with Crippen molar-refractivity contribution in [2.45, 2.75) is 0 Å². The van der Waals surface area contributed by atoms with E-state index in [9.17, 15) is 9.59 Å². The molecule has 1 aromatic heterocycles. The minimum absolute atomic E-state index is 0.249. The van der Waals surface area contributed by atoms with Crippen molar-refractivity contribution in [1.82, 2.24) is 9.97 Å². The molecule has 0 aliphatic heterocycles. The molecule has 8 nitrogen and oxygen atoms in total. The minimum atomic E-state index is -0.653. The molecule has 1 amide bonds. The summed E-state index contributed by atoms with van der Waals surface area (Å²) in [4.78, 5) is 34.8.